The molecule has 3 aromatic heterocycles. The standard InChI is InChI=1S/C15H20N8S/c1-15(2,3)13-18-17-11-5-6-12(20-23(11)13)22-7-10(8-22)21(4)14-19-16-9-24-14/h5-6,9-10H,7-8H2,1-4H3. The molecule has 0 unspecified atom stereocenters. The van der Waals surface area contributed by atoms with E-state index in [1.165, 1.54) is 0 Å². The van der Waals surface area contributed by atoms with Crippen molar-refractivity contribution in [3.63, 3.8) is 0 Å². The van der Waals surface area contributed by atoms with Crippen molar-refractivity contribution in [3.8, 4) is 0 Å². The van der Waals surface area contributed by atoms with Gasteiger partial charge in [-0.2, -0.15) is 4.52 Å². The zero-order valence-corrected chi connectivity index (χ0v) is 15.0. The van der Waals surface area contributed by atoms with Crippen LogP contribution < -0.4 is 9.80 Å². The second-order valence-electron chi connectivity index (χ2n) is 7.13. The molecule has 1 aliphatic heterocycles. The average Bonchev–Trinajstić information content (AvgIpc) is 3.14. The van der Waals surface area contributed by atoms with E-state index in [-0.39, 0.29) is 5.41 Å². The number of nitrogens with zero attached hydrogens (tertiary/aromatic N) is 8. The van der Waals surface area contributed by atoms with E-state index in [1.54, 1.807) is 16.8 Å². The second-order valence-corrected chi connectivity index (χ2v) is 7.94. The van der Waals surface area contributed by atoms with Crippen molar-refractivity contribution in [3.05, 3.63) is 23.5 Å². The number of likely N-dealkylation sites (N-methyl/N-ethyl adjacent to an activating group) is 1. The molecule has 0 saturated carbocycles. The lowest BCUT2D eigenvalue weighted by Gasteiger charge is -2.44. The van der Waals surface area contributed by atoms with Crippen LogP contribution in [0, 0.1) is 0 Å². The van der Waals surface area contributed by atoms with E-state index in [0.717, 1.165) is 35.5 Å². The van der Waals surface area contributed by atoms with Crippen molar-refractivity contribution in [1.29, 1.82) is 0 Å². The molecule has 126 valence electrons. The molecule has 9 heteroatoms. The van der Waals surface area contributed by atoms with Gasteiger partial charge in [-0.25, -0.2) is 0 Å². The first kappa shape index (κ1) is 15.3. The Morgan fingerprint density at radius 1 is 1.17 bits per heavy atom. The fourth-order valence-electron chi connectivity index (χ4n) is 2.78. The number of anilines is 2. The second kappa shape index (κ2) is 5.37. The maximum Gasteiger partial charge on any atom is 0.208 e. The predicted molar refractivity (Wildman–Crippen MR) is 93.8 cm³/mol. The lowest BCUT2D eigenvalue weighted by Crippen LogP contribution is -2.59. The molecular weight excluding hydrogens is 324 g/mol. The van der Waals surface area contributed by atoms with Gasteiger partial charge in [0.25, 0.3) is 0 Å². The van der Waals surface area contributed by atoms with Crippen LogP contribution in [0.15, 0.2) is 17.6 Å². The largest absolute Gasteiger partial charge is 0.351 e. The summed E-state index contributed by atoms with van der Waals surface area (Å²) < 4.78 is 1.86. The van der Waals surface area contributed by atoms with Crippen LogP contribution in [-0.4, -0.2) is 56.2 Å². The molecule has 4 heterocycles. The number of aromatic nitrogens is 6. The summed E-state index contributed by atoms with van der Waals surface area (Å²) in [6.07, 6.45) is 0. The molecular formula is C15H20N8S. The Balaban J connectivity index is 1.54. The molecule has 0 atom stereocenters. The molecule has 1 fully saturated rings. The summed E-state index contributed by atoms with van der Waals surface area (Å²) in [6.45, 7) is 8.20. The van der Waals surface area contributed by atoms with Crippen LogP contribution in [0.2, 0.25) is 0 Å². The average molecular weight is 344 g/mol. The van der Waals surface area contributed by atoms with Gasteiger partial charge >= 0.3 is 0 Å². The molecule has 8 nitrogen and oxygen atoms in total. The Morgan fingerprint density at radius 3 is 2.62 bits per heavy atom. The fourth-order valence-corrected chi connectivity index (χ4v) is 3.38. The van der Waals surface area contributed by atoms with Gasteiger partial charge in [0.15, 0.2) is 11.5 Å². The van der Waals surface area contributed by atoms with Crippen molar-refractivity contribution >= 4 is 27.9 Å². The lowest BCUT2D eigenvalue weighted by molar-refractivity contribution is 0.484. The van der Waals surface area contributed by atoms with Crippen LogP contribution in [0.1, 0.15) is 26.6 Å². The van der Waals surface area contributed by atoms with E-state index < -0.39 is 0 Å². The first-order chi connectivity index (χ1) is 11.4. The molecule has 24 heavy (non-hydrogen) atoms. The van der Waals surface area contributed by atoms with Gasteiger partial charge in [0.2, 0.25) is 5.13 Å². The van der Waals surface area contributed by atoms with Crippen LogP contribution in [0.5, 0.6) is 0 Å². The van der Waals surface area contributed by atoms with Gasteiger partial charge in [0, 0.05) is 25.6 Å². The molecule has 1 aliphatic rings. The Hall–Kier alpha value is -2.29. The highest BCUT2D eigenvalue weighted by atomic mass is 32.1. The zero-order chi connectivity index (χ0) is 16.9. The number of fused-ring (bicyclic) bond motifs is 1. The molecule has 0 N–H and O–H groups in total. The van der Waals surface area contributed by atoms with E-state index in [2.05, 4.69) is 58.0 Å². The van der Waals surface area contributed by atoms with E-state index >= 15 is 0 Å². The fraction of sp³-hybridized carbons (Fsp3) is 0.533. The third kappa shape index (κ3) is 2.48. The third-order valence-electron chi connectivity index (χ3n) is 4.30. The molecule has 0 bridgehead atoms. The molecule has 0 amide bonds. The zero-order valence-electron chi connectivity index (χ0n) is 14.2. The number of hydrogen-bond acceptors (Lipinski definition) is 8. The molecule has 0 radical (unpaired) electrons. The van der Waals surface area contributed by atoms with Gasteiger partial charge in [0.1, 0.15) is 11.3 Å². The molecule has 0 spiro atoms. The molecule has 1 saturated heterocycles. The SMILES string of the molecule is CN(c1nncs1)C1CN(c2ccc3nnc(C(C)(C)C)n3n2)C1. The van der Waals surface area contributed by atoms with Gasteiger partial charge in [-0.05, 0) is 12.1 Å². The van der Waals surface area contributed by atoms with Crippen molar-refractivity contribution in [1.82, 2.24) is 30.0 Å². The maximum atomic E-state index is 4.75. The van der Waals surface area contributed by atoms with E-state index in [1.807, 2.05) is 16.6 Å². The molecule has 3 aromatic rings. The summed E-state index contributed by atoms with van der Waals surface area (Å²) >= 11 is 1.56. The Labute approximate surface area is 144 Å². The number of rotatable bonds is 3. The van der Waals surface area contributed by atoms with Crippen LogP contribution in [0.4, 0.5) is 10.9 Å². The monoisotopic (exact) mass is 344 g/mol. The molecule has 4 rings (SSSR count). The molecule has 0 aliphatic carbocycles. The summed E-state index contributed by atoms with van der Waals surface area (Å²) in [7, 11) is 2.07. The Morgan fingerprint density at radius 2 is 1.96 bits per heavy atom. The highest BCUT2D eigenvalue weighted by molar-refractivity contribution is 7.13. The van der Waals surface area contributed by atoms with Gasteiger partial charge in [-0.1, -0.05) is 32.1 Å². The Kier molecular flexibility index (Phi) is 3.41. The van der Waals surface area contributed by atoms with Gasteiger partial charge in [0.05, 0.1) is 6.04 Å². The first-order valence-electron chi connectivity index (χ1n) is 7.90. The van der Waals surface area contributed by atoms with Crippen LogP contribution >= 0.6 is 11.3 Å². The highest BCUT2D eigenvalue weighted by Gasteiger charge is 2.33. The van der Waals surface area contributed by atoms with Crippen molar-refractivity contribution in [2.75, 3.05) is 29.9 Å². The summed E-state index contributed by atoms with van der Waals surface area (Å²) in [5, 5.41) is 22.3. The first-order valence-corrected chi connectivity index (χ1v) is 8.78. The van der Waals surface area contributed by atoms with Crippen molar-refractivity contribution in [2.24, 2.45) is 0 Å². The third-order valence-corrected chi connectivity index (χ3v) is 5.08. The van der Waals surface area contributed by atoms with Gasteiger partial charge in [-0.3, -0.25) is 0 Å². The van der Waals surface area contributed by atoms with E-state index in [0.29, 0.717) is 6.04 Å². The van der Waals surface area contributed by atoms with Gasteiger partial charge < -0.3 is 9.80 Å². The van der Waals surface area contributed by atoms with Crippen LogP contribution in [0.25, 0.3) is 5.65 Å². The topological polar surface area (TPSA) is 75.3 Å². The summed E-state index contributed by atoms with van der Waals surface area (Å²) in [4.78, 5) is 4.44. The van der Waals surface area contributed by atoms with Crippen LogP contribution in [0.3, 0.4) is 0 Å². The van der Waals surface area contributed by atoms with Crippen molar-refractivity contribution in [2.45, 2.75) is 32.2 Å². The van der Waals surface area contributed by atoms with Crippen LogP contribution in [-0.2, 0) is 5.41 Å². The minimum Gasteiger partial charge on any atom is -0.351 e. The number of hydrogen-bond donors (Lipinski definition) is 0. The minimum absolute atomic E-state index is 0.0966. The summed E-state index contributed by atoms with van der Waals surface area (Å²) in [6, 6.07) is 4.42. The van der Waals surface area contributed by atoms with Crippen molar-refractivity contribution < 1.29 is 0 Å². The smallest absolute Gasteiger partial charge is 0.208 e. The summed E-state index contributed by atoms with van der Waals surface area (Å²) in [5.74, 6) is 1.83. The quantitative estimate of drug-likeness (QED) is 0.714. The minimum atomic E-state index is -0.0966. The Bertz CT molecular complexity index is 844. The predicted octanol–water partition coefficient (Wildman–Crippen LogP) is 1.60. The normalized spacial score (nSPS) is 15.8. The van der Waals surface area contributed by atoms with E-state index in [4.69, 9.17) is 5.10 Å². The lowest BCUT2D eigenvalue weighted by atomic mass is 9.96. The van der Waals surface area contributed by atoms with Gasteiger partial charge in [-0.15, -0.1) is 25.5 Å². The van der Waals surface area contributed by atoms with E-state index in [9.17, 15) is 0 Å². The maximum absolute atomic E-state index is 4.75. The summed E-state index contributed by atoms with van der Waals surface area (Å²) in [5.41, 5.74) is 2.45. The highest BCUT2D eigenvalue weighted by Crippen LogP contribution is 2.27. The molecule has 0 aromatic carbocycles.